The van der Waals surface area contributed by atoms with E-state index in [1.165, 1.54) is 12.3 Å². The van der Waals surface area contributed by atoms with Gasteiger partial charge in [-0.3, -0.25) is 19.9 Å². The zero-order valence-corrected chi connectivity index (χ0v) is 13.6. The highest BCUT2D eigenvalue weighted by atomic mass is 32.1. The Labute approximate surface area is 143 Å². The lowest BCUT2D eigenvalue weighted by molar-refractivity contribution is -0.383. The number of nitrogens with one attached hydrogen (secondary N) is 2. The number of pyridine rings is 1. The Morgan fingerprint density at radius 2 is 2.25 bits per heavy atom. The van der Waals surface area contributed by atoms with E-state index >= 15 is 0 Å². The number of rotatable bonds is 4. The predicted octanol–water partition coefficient (Wildman–Crippen LogP) is 3.49. The summed E-state index contributed by atoms with van der Waals surface area (Å²) >= 11 is 5.28. The topological polar surface area (TPSA) is 97.2 Å². The highest BCUT2D eigenvalue weighted by molar-refractivity contribution is 7.80. The van der Waals surface area contributed by atoms with E-state index in [1.54, 1.807) is 24.3 Å². The summed E-state index contributed by atoms with van der Waals surface area (Å²) in [6.07, 6.45) is 2.26. The van der Waals surface area contributed by atoms with Gasteiger partial charge in [0.2, 0.25) is 0 Å². The SMILES string of the molecule is CCC1C(=S)Nc2cc([N+](=O)[O-])c(NC(=O)c3ccccn3)cc21. The van der Waals surface area contributed by atoms with Gasteiger partial charge < -0.3 is 10.6 Å². The fourth-order valence-corrected chi connectivity index (χ4v) is 3.11. The summed E-state index contributed by atoms with van der Waals surface area (Å²) in [5, 5.41) is 16.9. The molecule has 2 heterocycles. The van der Waals surface area contributed by atoms with Crippen molar-refractivity contribution in [3.8, 4) is 0 Å². The highest BCUT2D eigenvalue weighted by Gasteiger charge is 2.30. The molecule has 1 aromatic heterocycles. The van der Waals surface area contributed by atoms with E-state index in [1.807, 2.05) is 6.92 Å². The van der Waals surface area contributed by atoms with Gasteiger partial charge in [-0.25, -0.2) is 0 Å². The van der Waals surface area contributed by atoms with Gasteiger partial charge in [0.1, 0.15) is 11.4 Å². The summed E-state index contributed by atoms with van der Waals surface area (Å²) in [5.41, 5.74) is 1.61. The molecular weight excluding hydrogens is 328 g/mol. The summed E-state index contributed by atoms with van der Waals surface area (Å²) in [4.78, 5) is 27.7. The largest absolute Gasteiger partial charge is 0.349 e. The Balaban J connectivity index is 2.01. The van der Waals surface area contributed by atoms with Gasteiger partial charge in [-0.2, -0.15) is 0 Å². The molecule has 0 spiro atoms. The van der Waals surface area contributed by atoms with Crippen molar-refractivity contribution in [2.75, 3.05) is 10.6 Å². The molecule has 3 rings (SSSR count). The van der Waals surface area contributed by atoms with E-state index in [0.29, 0.717) is 10.7 Å². The van der Waals surface area contributed by atoms with Crippen LogP contribution in [0.4, 0.5) is 17.1 Å². The second-order valence-corrected chi connectivity index (χ2v) is 5.77. The molecule has 0 radical (unpaired) electrons. The lowest BCUT2D eigenvalue weighted by Gasteiger charge is -2.10. The monoisotopic (exact) mass is 342 g/mol. The molecule has 1 unspecified atom stereocenters. The zero-order chi connectivity index (χ0) is 17.3. The smallest absolute Gasteiger partial charge is 0.294 e. The van der Waals surface area contributed by atoms with E-state index < -0.39 is 10.8 Å². The number of anilines is 2. The number of nitrogens with zero attached hydrogens (tertiary/aromatic N) is 2. The fourth-order valence-electron chi connectivity index (χ4n) is 2.70. The van der Waals surface area contributed by atoms with E-state index in [4.69, 9.17) is 12.2 Å². The van der Waals surface area contributed by atoms with Crippen LogP contribution in [0.1, 0.15) is 35.3 Å². The van der Waals surface area contributed by atoms with Gasteiger partial charge in [0, 0.05) is 23.9 Å². The van der Waals surface area contributed by atoms with Gasteiger partial charge in [-0.1, -0.05) is 25.2 Å². The van der Waals surface area contributed by atoms with Gasteiger partial charge in [0.15, 0.2) is 0 Å². The average Bonchev–Trinajstić information content (AvgIpc) is 2.88. The number of amides is 1. The quantitative estimate of drug-likeness (QED) is 0.501. The number of aromatic nitrogens is 1. The van der Waals surface area contributed by atoms with E-state index in [9.17, 15) is 14.9 Å². The van der Waals surface area contributed by atoms with Crippen LogP contribution in [0, 0.1) is 10.1 Å². The van der Waals surface area contributed by atoms with Crippen LogP contribution >= 0.6 is 12.2 Å². The third kappa shape index (κ3) is 2.83. The summed E-state index contributed by atoms with van der Waals surface area (Å²) in [6, 6.07) is 7.93. The molecule has 2 N–H and O–H groups in total. The van der Waals surface area contributed by atoms with Gasteiger partial charge in [-0.15, -0.1) is 0 Å². The number of thiocarbonyl (C=S) groups is 1. The van der Waals surface area contributed by atoms with Crippen molar-refractivity contribution < 1.29 is 9.72 Å². The summed E-state index contributed by atoms with van der Waals surface area (Å²) < 4.78 is 0. The van der Waals surface area contributed by atoms with Crippen molar-refractivity contribution in [1.82, 2.24) is 4.98 Å². The molecule has 7 nitrogen and oxygen atoms in total. The molecule has 1 aliphatic heterocycles. The minimum Gasteiger partial charge on any atom is -0.349 e. The normalized spacial score (nSPS) is 15.5. The third-order valence-electron chi connectivity index (χ3n) is 3.87. The van der Waals surface area contributed by atoms with Crippen LogP contribution in [0.5, 0.6) is 0 Å². The van der Waals surface area contributed by atoms with Crippen molar-refractivity contribution in [2.45, 2.75) is 19.3 Å². The molecule has 1 aromatic carbocycles. The van der Waals surface area contributed by atoms with Gasteiger partial charge in [-0.05, 0) is 30.2 Å². The van der Waals surface area contributed by atoms with E-state index in [-0.39, 0.29) is 23.0 Å². The predicted molar refractivity (Wildman–Crippen MR) is 94.5 cm³/mol. The molecule has 24 heavy (non-hydrogen) atoms. The first-order valence-corrected chi connectivity index (χ1v) is 7.77. The van der Waals surface area contributed by atoms with Gasteiger partial charge in [0.25, 0.3) is 11.6 Å². The third-order valence-corrected chi connectivity index (χ3v) is 4.25. The summed E-state index contributed by atoms with van der Waals surface area (Å²) in [6.45, 7) is 1.99. The van der Waals surface area contributed by atoms with Crippen LogP contribution < -0.4 is 10.6 Å². The minimum atomic E-state index is -0.529. The van der Waals surface area contributed by atoms with Crippen molar-refractivity contribution in [3.05, 3.63) is 57.9 Å². The molecule has 8 heteroatoms. The Hall–Kier alpha value is -2.87. The number of carbonyl (C=O) groups is 1. The standard InChI is InChI=1S/C16H14N4O3S/c1-2-9-10-7-13(18-15(21)11-5-3-4-6-17-11)14(20(22)23)8-12(10)19-16(9)24/h3-9H,2H2,1H3,(H,18,21)(H,19,24). The van der Waals surface area contributed by atoms with Crippen LogP contribution in [-0.4, -0.2) is 20.8 Å². The first kappa shape index (κ1) is 16.0. The first-order valence-electron chi connectivity index (χ1n) is 7.36. The number of carbonyl (C=O) groups excluding carboxylic acids is 1. The second kappa shape index (κ2) is 6.32. The lowest BCUT2D eigenvalue weighted by Crippen LogP contribution is -2.14. The van der Waals surface area contributed by atoms with Crippen LogP contribution in [-0.2, 0) is 0 Å². The van der Waals surface area contributed by atoms with Gasteiger partial charge in [0.05, 0.1) is 9.91 Å². The number of nitro groups is 1. The molecular formula is C16H14N4O3S. The molecule has 0 aliphatic carbocycles. The number of benzene rings is 1. The van der Waals surface area contributed by atoms with Gasteiger partial charge >= 0.3 is 0 Å². The molecule has 2 aromatic rings. The maximum atomic E-state index is 12.3. The van der Waals surface area contributed by atoms with Crippen molar-refractivity contribution in [1.29, 1.82) is 0 Å². The maximum absolute atomic E-state index is 12.3. The molecule has 0 fully saturated rings. The van der Waals surface area contributed by atoms with E-state index in [2.05, 4.69) is 15.6 Å². The number of hydrogen-bond donors (Lipinski definition) is 2. The van der Waals surface area contributed by atoms with Crippen molar-refractivity contribution in [2.24, 2.45) is 0 Å². The first-order chi connectivity index (χ1) is 11.5. The molecule has 122 valence electrons. The maximum Gasteiger partial charge on any atom is 0.294 e. The van der Waals surface area contributed by atoms with E-state index in [0.717, 1.165) is 12.0 Å². The van der Waals surface area contributed by atoms with Crippen molar-refractivity contribution in [3.63, 3.8) is 0 Å². The fraction of sp³-hybridized carbons (Fsp3) is 0.188. The van der Waals surface area contributed by atoms with Crippen LogP contribution in [0.3, 0.4) is 0 Å². The Bertz CT molecular complexity index is 839. The molecule has 0 saturated carbocycles. The Kier molecular flexibility index (Phi) is 4.22. The highest BCUT2D eigenvalue weighted by Crippen LogP contribution is 2.41. The average molecular weight is 342 g/mol. The number of fused-ring (bicyclic) bond motifs is 1. The minimum absolute atomic E-state index is 0.0127. The molecule has 0 saturated heterocycles. The lowest BCUT2D eigenvalue weighted by atomic mass is 9.97. The molecule has 0 bridgehead atoms. The number of nitro benzene ring substituents is 1. The zero-order valence-electron chi connectivity index (χ0n) is 12.8. The molecule has 1 aliphatic rings. The Morgan fingerprint density at radius 1 is 1.46 bits per heavy atom. The summed E-state index contributed by atoms with van der Waals surface area (Å²) in [5.74, 6) is -0.512. The Morgan fingerprint density at radius 3 is 2.88 bits per heavy atom. The summed E-state index contributed by atoms with van der Waals surface area (Å²) in [7, 11) is 0. The van der Waals surface area contributed by atoms with Crippen LogP contribution in [0.2, 0.25) is 0 Å². The molecule has 1 amide bonds. The van der Waals surface area contributed by atoms with Crippen LogP contribution in [0.15, 0.2) is 36.5 Å². The number of hydrogen-bond acceptors (Lipinski definition) is 5. The van der Waals surface area contributed by atoms with Crippen LogP contribution in [0.25, 0.3) is 0 Å². The molecule has 1 atom stereocenters. The van der Waals surface area contributed by atoms with Crippen molar-refractivity contribution >= 4 is 40.2 Å². The second-order valence-electron chi connectivity index (χ2n) is 5.33.